The van der Waals surface area contributed by atoms with Crippen LogP contribution in [0, 0.1) is 17.8 Å². The number of phenolic OH excluding ortho intramolecular Hbond substituents is 1. The molecule has 4 amide bonds. The number of carbonyl (C=O) groups excluding carboxylic acids is 4. The molecule has 4 aliphatic heterocycles. The normalized spacial score (nSPS) is 22.3. The lowest BCUT2D eigenvalue weighted by molar-refractivity contribution is -0.177. The van der Waals surface area contributed by atoms with Crippen LogP contribution in [0.25, 0.3) is 0 Å². The van der Waals surface area contributed by atoms with Crippen molar-refractivity contribution in [3.05, 3.63) is 227 Å². The molecule has 0 saturated carbocycles. The first kappa shape index (κ1) is 49.7. The summed E-state index contributed by atoms with van der Waals surface area (Å²) in [4.78, 5) is 71.2. The van der Waals surface area contributed by atoms with Crippen LogP contribution in [0.2, 0.25) is 0 Å². The van der Waals surface area contributed by atoms with E-state index in [-0.39, 0.29) is 11.4 Å². The monoisotopic (exact) mass is 1010 g/mol. The molecule has 3 N–H and O–H groups in total. The molecule has 13 heteroatoms. The Morgan fingerprint density at radius 2 is 1.38 bits per heavy atom. The van der Waals surface area contributed by atoms with Crippen LogP contribution >= 0.6 is 0 Å². The molecule has 382 valence electrons. The third-order valence-corrected chi connectivity index (χ3v) is 15.2. The number of carbonyl (C=O) groups is 4. The lowest BCUT2D eigenvalue weighted by Gasteiger charge is -2.46. The van der Waals surface area contributed by atoms with Gasteiger partial charge < -0.3 is 30.1 Å². The predicted molar refractivity (Wildman–Crippen MR) is 291 cm³/mol. The van der Waals surface area contributed by atoms with Crippen LogP contribution in [0.4, 0.5) is 21.9 Å². The Kier molecular flexibility index (Phi) is 14.0. The molecule has 0 unspecified atom stereocenters. The molecule has 3 saturated heterocycles. The lowest BCUT2D eigenvalue weighted by Crippen LogP contribution is -2.55. The number of amides is 4. The zero-order valence-electron chi connectivity index (χ0n) is 42.3. The number of benzene rings is 7. The standard InChI is InChI=1S/C63H58N6O7/c1-42(45-19-9-4-10-20-45)64-62(74)68-53-34-25-43(18-15-35-66(2)41-44-16-7-3-8-17-44)40-52(53)63(61(68)73)54(59(71)65-49-28-30-50(31-29-49)67-36-38-75-39-37-67)56-60(72)76-57(47-23-13-6-14-24-47)55(46-21-11-5-12-22-46)69(56)58(63)48-26-32-51(70)33-27-48/h3-14,16-17,19-34,40,42,54-58,70H,35-39,41H2,1-2H3,(H,64,74)(H,65,71)/t42-,54+,55+,56+,57-,58-,63+/m1/s1. The van der Waals surface area contributed by atoms with Gasteiger partial charge in [0.05, 0.1) is 49.5 Å². The maximum Gasteiger partial charge on any atom is 0.329 e. The first-order chi connectivity index (χ1) is 37.1. The Morgan fingerprint density at radius 1 is 0.750 bits per heavy atom. The summed E-state index contributed by atoms with van der Waals surface area (Å²) in [6.45, 7) is 5.56. The van der Waals surface area contributed by atoms with Gasteiger partial charge in [0, 0.05) is 36.6 Å². The van der Waals surface area contributed by atoms with Gasteiger partial charge >= 0.3 is 12.0 Å². The lowest BCUT2D eigenvalue weighted by atomic mass is 9.65. The number of esters is 1. The van der Waals surface area contributed by atoms with Crippen molar-refractivity contribution in [2.45, 2.75) is 49.2 Å². The number of cyclic esters (lactones) is 1. The maximum atomic E-state index is 16.8. The van der Waals surface area contributed by atoms with Gasteiger partial charge in [0.25, 0.3) is 0 Å². The summed E-state index contributed by atoms with van der Waals surface area (Å²) in [5, 5.41) is 17.2. The van der Waals surface area contributed by atoms with Crippen molar-refractivity contribution in [2.75, 3.05) is 55.0 Å². The number of anilines is 3. The summed E-state index contributed by atoms with van der Waals surface area (Å²) in [7, 11) is 1.99. The molecule has 0 aromatic heterocycles. The van der Waals surface area contributed by atoms with E-state index in [0.29, 0.717) is 67.3 Å². The van der Waals surface area contributed by atoms with Crippen molar-refractivity contribution in [3.8, 4) is 17.6 Å². The molecule has 4 heterocycles. The predicted octanol–water partition coefficient (Wildman–Crippen LogP) is 9.49. The smallest absolute Gasteiger partial charge is 0.329 e. The van der Waals surface area contributed by atoms with E-state index in [1.54, 1.807) is 24.3 Å². The fraction of sp³-hybridized carbons (Fsp3) is 0.238. The number of hydrogen-bond acceptors (Lipinski definition) is 10. The minimum Gasteiger partial charge on any atom is -0.508 e. The average Bonchev–Trinajstić information content (AvgIpc) is 4.14. The van der Waals surface area contributed by atoms with E-state index in [2.05, 4.69) is 44.4 Å². The molecule has 7 aromatic rings. The largest absolute Gasteiger partial charge is 0.508 e. The Morgan fingerprint density at radius 3 is 2.05 bits per heavy atom. The first-order valence-electron chi connectivity index (χ1n) is 25.8. The van der Waals surface area contributed by atoms with Gasteiger partial charge in [-0.3, -0.25) is 24.2 Å². The van der Waals surface area contributed by atoms with Crippen molar-refractivity contribution >= 4 is 40.9 Å². The number of ether oxygens (including phenoxy) is 2. The highest BCUT2D eigenvalue weighted by Gasteiger charge is 2.75. The molecule has 0 aliphatic carbocycles. The maximum absolute atomic E-state index is 16.8. The van der Waals surface area contributed by atoms with Crippen LogP contribution in [0.15, 0.2) is 188 Å². The first-order valence-corrected chi connectivity index (χ1v) is 25.8. The summed E-state index contributed by atoms with van der Waals surface area (Å²) in [6.07, 6.45) is -0.911. The Hall–Kier alpha value is -8.54. The summed E-state index contributed by atoms with van der Waals surface area (Å²) < 4.78 is 12.3. The van der Waals surface area contributed by atoms with Gasteiger partial charge in [-0.2, -0.15) is 0 Å². The molecular weight excluding hydrogens is 953 g/mol. The second-order valence-electron chi connectivity index (χ2n) is 19.9. The summed E-state index contributed by atoms with van der Waals surface area (Å²) in [6, 6.07) is 53.4. The summed E-state index contributed by atoms with van der Waals surface area (Å²) >= 11 is 0. The average molecular weight is 1010 g/mol. The molecule has 3 fully saturated rings. The highest BCUT2D eigenvalue weighted by atomic mass is 16.6. The van der Waals surface area contributed by atoms with Crippen molar-refractivity contribution in [3.63, 3.8) is 0 Å². The van der Waals surface area contributed by atoms with Crippen LogP contribution in [-0.4, -0.2) is 84.7 Å². The van der Waals surface area contributed by atoms with Crippen LogP contribution in [0.1, 0.15) is 70.1 Å². The van der Waals surface area contributed by atoms with Gasteiger partial charge in [-0.25, -0.2) is 9.69 Å². The van der Waals surface area contributed by atoms with Crippen LogP contribution in [0.3, 0.4) is 0 Å². The number of urea groups is 1. The number of morpholine rings is 2. The quantitative estimate of drug-likeness (QED) is 0.0847. The van der Waals surface area contributed by atoms with Crippen LogP contribution < -0.4 is 20.4 Å². The molecule has 0 radical (unpaired) electrons. The highest BCUT2D eigenvalue weighted by molar-refractivity contribution is 6.25. The molecule has 1 spiro atoms. The Bertz CT molecular complexity index is 3290. The number of hydrogen-bond donors (Lipinski definition) is 3. The van der Waals surface area contributed by atoms with E-state index in [1.807, 2.05) is 158 Å². The number of aromatic hydroxyl groups is 1. The SMILES string of the molecule is C[C@@H](NC(=O)N1C(=O)[C@@]2(c3cc(C#CCN(C)Cc4ccccc4)ccc31)[C@H](C(=O)Nc1ccc(N3CCOCC3)cc1)[C@H]1C(=O)O[C@H](c3ccccc3)[C@H](c3ccccc3)N1[C@@H]2c1ccc(O)cc1)c1ccccc1. The minimum absolute atomic E-state index is 0.0224. The molecule has 11 rings (SSSR count). The fourth-order valence-corrected chi connectivity index (χ4v) is 11.7. The number of imide groups is 1. The van der Waals surface area contributed by atoms with Crippen molar-refractivity contribution < 1.29 is 33.8 Å². The van der Waals surface area contributed by atoms with Crippen molar-refractivity contribution in [2.24, 2.45) is 5.92 Å². The van der Waals surface area contributed by atoms with Crippen molar-refractivity contribution in [1.29, 1.82) is 0 Å². The fourth-order valence-electron chi connectivity index (χ4n) is 11.7. The summed E-state index contributed by atoms with van der Waals surface area (Å²) in [5.74, 6) is 3.08. The third-order valence-electron chi connectivity index (χ3n) is 15.2. The Labute approximate surface area is 442 Å². The Balaban J connectivity index is 1.12. The van der Waals surface area contributed by atoms with Gasteiger partial charge in [-0.1, -0.05) is 145 Å². The van der Waals surface area contributed by atoms with Crippen LogP contribution in [-0.2, 0) is 35.8 Å². The molecule has 76 heavy (non-hydrogen) atoms. The van der Waals surface area contributed by atoms with E-state index in [9.17, 15) is 5.11 Å². The van der Waals surface area contributed by atoms with E-state index in [1.165, 1.54) is 12.1 Å². The minimum atomic E-state index is -2.03. The number of nitrogens with one attached hydrogen (secondary N) is 2. The zero-order valence-corrected chi connectivity index (χ0v) is 42.3. The third kappa shape index (κ3) is 9.36. The van der Waals surface area contributed by atoms with Crippen molar-refractivity contribution in [1.82, 2.24) is 15.1 Å². The van der Waals surface area contributed by atoms with Gasteiger partial charge in [0.2, 0.25) is 11.8 Å². The number of phenols is 1. The number of nitrogens with zero attached hydrogens (tertiary/aromatic N) is 4. The topological polar surface area (TPSA) is 144 Å². The molecule has 4 aliphatic rings. The molecule has 7 atom stereocenters. The van der Waals surface area contributed by atoms with Crippen LogP contribution in [0.5, 0.6) is 5.75 Å². The molecule has 7 aromatic carbocycles. The van der Waals surface area contributed by atoms with E-state index in [0.717, 1.165) is 27.3 Å². The molecule has 13 nitrogen and oxygen atoms in total. The second kappa shape index (κ2) is 21.4. The number of rotatable bonds is 11. The van der Waals surface area contributed by atoms with Gasteiger partial charge in [0.1, 0.15) is 23.3 Å². The van der Waals surface area contributed by atoms with E-state index < -0.39 is 65.4 Å². The van der Waals surface area contributed by atoms with Gasteiger partial charge in [0.15, 0.2) is 0 Å². The van der Waals surface area contributed by atoms with E-state index in [4.69, 9.17) is 9.47 Å². The zero-order chi connectivity index (χ0) is 52.3. The number of fused-ring (bicyclic) bond motifs is 3. The molecular formula is C63H58N6O7. The van der Waals surface area contributed by atoms with E-state index >= 15 is 19.2 Å². The van der Waals surface area contributed by atoms with Gasteiger partial charge in [-0.15, -0.1) is 0 Å². The molecule has 0 bridgehead atoms. The van der Waals surface area contributed by atoms with Gasteiger partial charge in [-0.05, 0) is 102 Å². The summed E-state index contributed by atoms with van der Waals surface area (Å²) in [5.41, 5.74) is 4.45. The highest BCUT2D eigenvalue weighted by Crippen LogP contribution is 2.66. The second-order valence-corrected chi connectivity index (χ2v) is 19.9.